The van der Waals surface area contributed by atoms with E-state index in [9.17, 15) is 24.4 Å². The van der Waals surface area contributed by atoms with Gasteiger partial charge in [-0.15, -0.1) is 0 Å². The first kappa shape index (κ1) is 29.4. The van der Waals surface area contributed by atoms with E-state index in [4.69, 9.17) is 4.74 Å². The van der Waals surface area contributed by atoms with Gasteiger partial charge in [0.1, 0.15) is 30.8 Å². The summed E-state index contributed by atoms with van der Waals surface area (Å²) in [6.07, 6.45) is -0.528. The van der Waals surface area contributed by atoms with Gasteiger partial charge >= 0.3 is 12.1 Å². The number of nitriles is 1. The summed E-state index contributed by atoms with van der Waals surface area (Å²) in [6, 6.07) is 6.56. The molecular weight excluding hydrogens is 452 g/mol. The number of methoxy groups -OCH3 is 1. The zero-order valence-electron chi connectivity index (χ0n) is 21.5. The van der Waals surface area contributed by atoms with Gasteiger partial charge in [0.25, 0.3) is 0 Å². The second kappa shape index (κ2) is 13.3. The molecule has 10 nitrogen and oxygen atoms in total. The topological polar surface area (TPSA) is 138 Å². The number of hydrogen-bond donors (Lipinski definition) is 2. The SMILES string of the molecule is COC(=O)CNC(=O)C(c1ccc(C)cc1)N(CC#N)C(=O)C(CC(C)C)NC(=O)OC(C)(C)C. The molecule has 0 aliphatic carbocycles. The van der Waals surface area contributed by atoms with Crippen LogP contribution < -0.4 is 10.6 Å². The molecule has 0 aliphatic heterocycles. The highest BCUT2D eigenvalue weighted by atomic mass is 16.6. The molecule has 0 bridgehead atoms. The second-order valence-corrected chi connectivity index (χ2v) is 9.56. The first-order chi connectivity index (χ1) is 16.3. The number of alkyl carbamates (subject to hydrolysis) is 1. The lowest BCUT2D eigenvalue weighted by Crippen LogP contribution is -2.53. The van der Waals surface area contributed by atoms with Crippen molar-refractivity contribution in [3.8, 4) is 6.07 Å². The van der Waals surface area contributed by atoms with Crippen molar-refractivity contribution in [2.45, 2.75) is 65.6 Å². The van der Waals surface area contributed by atoms with Crippen molar-refractivity contribution in [3.63, 3.8) is 0 Å². The van der Waals surface area contributed by atoms with Crippen molar-refractivity contribution in [2.75, 3.05) is 20.2 Å². The van der Waals surface area contributed by atoms with Crippen LogP contribution in [-0.2, 0) is 23.9 Å². The summed E-state index contributed by atoms with van der Waals surface area (Å²) >= 11 is 0. The minimum Gasteiger partial charge on any atom is -0.468 e. The minimum atomic E-state index is -1.22. The fraction of sp³-hybridized carbons (Fsp3) is 0.560. The first-order valence-electron chi connectivity index (χ1n) is 11.4. The Balaban J connectivity index is 3.40. The Morgan fingerprint density at radius 3 is 2.20 bits per heavy atom. The predicted molar refractivity (Wildman–Crippen MR) is 129 cm³/mol. The third-order valence-electron chi connectivity index (χ3n) is 4.81. The van der Waals surface area contributed by atoms with Gasteiger partial charge in [-0.25, -0.2) is 4.79 Å². The van der Waals surface area contributed by atoms with Crippen LogP contribution in [0, 0.1) is 24.2 Å². The average molecular weight is 489 g/mol. The van der Waals surface area contributed by atoms with Crippen LogP contribution in [0.25, 0.3) is 0 Å². The molecule has 2 atom stereocenters. The van der Waals surface area contributed by atoms with E-state index >= 15 is 0 Å². The molecule has 0 heterocycles. The van der Waals surface area contributed by atoms with Crippen LogP contribution in [0.3, 0.4) is 0 Å². The van der Waals surface area contributed by atoms with Crippen LogP contribution in [0.5, 0.6) is 0 Å². The van der Waals surface area contributed by atoms with Crippen molar-refractivity contribution in [1.82, 2.24) is 15.5 Å². The van der Waals surface area contributed by atoms with E-state index in [2.05, 4.69) is 15.4 Å². The molecule has 0 radical (unpaired) electrons. The van der Waals surface area contributed by atoms with Crippen LogP contribution in [0.15, 0.2) is 24.3 Å². The van der Waals surface area contributed by atoms with E-state index in [-0.39, 0.29) is 12.3 Å². The molecule has 10 heteroatoms. The highest BCUT2D eigenvalue weighted by Crippen LogP contribution is 2.24. The van der Waals surface area contributed by atoms with Crippen LogP contribution in [0.4, 0.5) is 4.79 Å². The summed E-state index contributed by atoms with van der Waals surface area (Å²) in [6.45, 7) is 9.91. The number of nitrogens with one attached hydrogen (secondary N) is 2. The van der Waals surface area contributed by atoms with Crippen LogP contribution in [0.1, 0.15) is 58.2 Å². The molecule has 1 aromatic rings. The maximum atomic E-state index is 13.7. The number of aryl methyl sites for hydroxylation is 1. The summed E-state index contributed by atoms with van der Waals surface area (Å²) in [5, 5.41) is 14.6. The third-order valence-corrected chi connectivity index (χ3v) is 4.81. The van der Waals surface area contributed by atoms with Gasteiger partial charge in [0.2, 0.25) is 11.8 Å². The molecule has 0 spiro atoms. The van der Waals surface area contributed by atoms with Crippen molar-refractivity contribution in [1.29, 1.82) is 5.26 Å². The number of nitrogens with zero attached hydrogens (tertiary/aromatic N) is 2. The molecule has 35 heavy (non-hydrogen) atoms. The lowest BCUT2D eigenvalue weighted by Gasteiger charge is -2.33. The molecule has 0 aliphatic rings. The molecule has 192 valence electrons. The standard InChI is InChI=1S/C25H36N4O6/c1-16(2)14-19(28-24(33)35-25(4,5)6)23(32)29(13-12-26)21(18-10-8-17(3)9-11-18)22(31)27-15-20(30)34-7/h8-11,16,19,21H,13-15H2,1-7H3,(H,27,31)(H,28,33). The van der Waals surface area contributed by atoms with Crippen LogP contribution >= 0.6 is 0 Å². The van der Waals surface area contributed by atoms with E-state index in [1.165, 1.54) is 7.11 Å². The Hall–Kier alpha value is -3.61. The summed E-state index contributed by atoms with van der Waals surface area (Å²) in [5.74, 6) is -1.94. The van der Waals surface area contributed by atoms with Crippen molar-refractivity contribution in [3.05, 3.63) is 35.4 Å². The van der Waals surface area contributed by atoms with E-state index in [1.807, 2.05) is 26.8 Å². The summed E-state index contributed by atoms with van der Waals surface area (Å²) in [7, 11) is 1.19. The molecule has 0 saturated heterocycles. The van der Waals surface area contributed by atoms with E-state index in [0.29, 0.717) is 5.56 Å². The Morgan fingerprint density at radius 1 is 1.11 bits per heavy atom. The normalized spacial score (nSPS) is 12.7. The van der Waals surface area contributed by atoms with Gasteiger partial charge in [0.15, 0.2) is 0 Å². The lowest BCUT2D eigenvalue weighted by molar-refractivity contribution is -0.144. The molecule has 0 fully saturated rings. The Kier molecular flexibility index (Phi) is 11.2. The number of carbonyl (C=O) groups excluding carboxylic acids is 4. The number of benzene rings is 1. The Morgan fingerprint density at radius 2 is 1.71 bits per heavy atom. The quantitative estimate of drug-likeness (QED) is 0.381. The maximum absolute atomic E-state index is 13.7. The predicted octanol–water partition coefficient (Wildman–Crippen LogP) is 2.62. The van der Waals surface area contributed by atoms with Gasteiger partial charge in [-0.2, -0.15) is 5.26 Å². The second-order valence-electron chi connectivity index (χ2n) is 9.56. The van der Waals surface area contributed by atoms with Gasteiger partial charge in [0, 0.05) is 0 Å². The largest absolute Gasteiger partial charge is 0.468 e. The van der Waals surface area contributed by atoms with Crippen molar-refractivity contribution in [2.24, 2.45) is 5.92 Å². The summed E-state index contributed by atoms with van der Waals surface area (Å²) in [4.78, 5) is 52.0. The van der Waals surface area contributed by atoms with Crippen molar-refractivity contribution < 1.29 is 28.7 Å². The fourth-order valence-corrected chi connectivity index (χ4v) is 3.27. The molecule has 1 aromatic carbocycles. The summed E-state index contributed by atoms with van der Waals surface area (Å²) < 4.78 is 9.88. The Labute approximate surface area is 206 Å². The number of amides is 3. The van der Waals surface area contributed by atoms with Crippen LogP contribution in [-0.4, -0.2) is 60.6 Å². The van der Waals surface area contributed by atoms with Crippen molar-refractivity contribution >= 4 is 23.9 Å². The van der Waals surface area contributed by atoms with E-state index < -0.39 is 54.7 Å². The number of esters is 1. The molecule has 2 unspecified atom stereocenters. The molecule has 0 saturated carbocycles. The van der Waals surface area contributed by atoms with Crippen LogP contribution in [0.2, 0.25) is 0 Å². The number of ether oxygens (including phenoxy) is 2. The smallest absolute Gasteiger partial charge is 0.408 e. The molecule has 2 N–H and O–H groups in total. The third kappa shape index (κ3) is 10.0. The van der Waals surface area contributed by atoms with Gasteiger partial charge in [0.05, 0.1) is 13.2 Å². The maximum Gasteiger partial charge on any atom is 0.408 e. The van der Waals surface area contributed by atoms with Gasteiger partial charge < -0.3 is 25.0 Å². The zero-order valence-corrected chi connectivity index (χ0v) is 21.5. The van der Waals surface area contributed by atoms with Gasteiger partial charge in [-0.05, 0) is 45.6 Å². The first-order valence-corrected chi connectivity index (χ1v) is 11.4. The van der Waals surface area contributed by atoms with Gasteiger partial charge in [-0.3, -0.25) is 14.4 Å². The highest BCUT2D eigenvalue weighted by Gasteiger charge is 2.36. The molecule has 3 amide bonds. The van der Waals surface area contributed by atoms with E-state index in [0.717, 1.165) is 10.5 Å². The fourth-order valence-electron chi connectivity index (χ4n) is 3.27. The lowest BCUT2D eigenvalue weighted by atomic mass is 9.98. The zero-order chi connectivity index (χ0) is 26.8. The minimum absolute atomic E-state index is 0.00815. The monoisotopic (exact) mass is 488 g/mol. The number of hydrogen-bond acceptors (Lipinski definition) is 7. The van der Waals surface area contributed by atoms with E-state index in [1.54, 1.807) is 45.0 Å². The number of carbonyl (C=O) groups is 4. The summed E-state index contributed by atoms with van der Waals surface area (Å²) in [5.41, 5.74) is 0.604. The molecule has 0 aromatic heterocycles. The molecule has 1 rings (SSSR count). The Bertz CT molecular complexity index is 931. The highest BCUT2D eigenvalue weighted by molar-refractivity contribution is 5.93. The molecular formula is C25H36N4O6. The number of rotatable bonds is 10. The average Bonchev–Trinajstić information content (AvgIpc) is 2.75. The van der Waals surface area contributed by atoms with Gasteiger partial charge in [-0.1, -0.05) is 43.7 Å².